The number of nitrogens with zero attached hydrogens (tertiary/aromatic N) is 2. The van der Waals surface area contributed by atoms with Gasteiger partial charge >= 0.3 is 0 Å². The molecule has 0 bridgehead atoms. The smallest absolute Gasteiger partial charge is 0.205 e. The highest BCUT2D eigenvalue weighted by molar-refractivity contribution is 5.64. The van der Waals surface area contributed by atoms with E-state index in [4.69, 9.17) is 19.9 Å². The predicted molar refractivity (Wildman–Crippen MR) is 99.6 cm³/mol. The van der Waals surface area contributed by atoms with Gasteiger partial charge in [-0.1, -0.05) is 18.2 Å². The summed E-state index contributed by atoms with van der Waals surface area (Å²) in [7, 11) is 7.06. The molecule has 2 aromatic rings. The van der Waals surface area contributed by atoms with Crippen LogP contribution in [0.5, 0.6) is 17.2 Å². The number of nitriles is 1. The third kappa shape index (κ3) is 2.78. The minimum absolute atomic E-state index is 0.103. The largest absolute Gasteiger partial charge is 0.493 e. The van der Waals surface area contributed by atoms with Crippen LogP contribution in [0.3, 0.4) is 0 Å². The number of ether oxygens (including phenoxy) is 3. The van der Waals surface area contributed by atoms with Crippen LogP contribution in [-0.2, 0) is 0 Å². The molecule has 6 heteroatoms. The first-order chi connectivity index (χ1) is 12.5. The third-order valence-corrected chi connectivity index (χ3v) is 4.46. The molecule has 2 aromatic carbocycles. The molecule has 0 aliphatic carbocycles. The topological polar surface area (TPSA) is 80.7 Å². The van der Waals surface area contributed by atoms with Crippen molar-refractivity contribution in [2.75, 3.05) is 33.2 Å². The lowest BCUT2D eigenvalue weighted by molar-refractivity contribution is 0.349. The van der Waals surface area contributed by atoms with E-state index in [0.717, 1.165) is 16.8 Å². The molecule has 134 valence electrons. The molecule has 1 aliphatic rings. The first-order valence-corrected chi connectivity index (χ1v) is 8.11. The Labute approximate surface area is 153 Å². The van der Waals surface area contributed by atoms with Gasteiger partial charge in [0, 0.05) is 37.0 Å². The number of fused-ring (bicyclic) bond motifs is 1. The lowest BCUT2D eigenvalue weighted by atomic mass is 9.83. The molecule has 3 rings (SSSR count). The van der Waals surface area contributed by atoms with Crippen LogP contribution in [0, 0.1) is 11.3 Å². The van der Waals surface area contributed by atoms with Gasteiger partial charge in [0.2, 0.25) is 5.88 Å². The quantitative estimate of drug-likeness (QED) is 0.912. The van der Waals surface area contributed by atoms with Gasteiger partial charge in [-0.3, -0.25) is 0 Å². The molecule has 0 saturated heterocycles. The number of allylic oxidation sites excluding steroid dienone is 1. The number of nitrogens with two attached hydrogens (primary N) is 1. The van der Waals surface area contributed by atoms with Gasteiger partial charge in [0.15, 0.2) is 11.5 Å². The highest BCUT2D eigenvalue weighted by atomic mass is 16.5. The monoisotopic (exact) mass is 351 g/mol. The van der Waals surface area contributed by atoms with Gasteiger partial charge in [0.05, 0.1) is 20.1 Å². The summed E-state index contributed by atoms with van der Waals surface area (Å²) in [5, 5.41) is 9.70. The van der Waals surface area contributed by atoms with Crippen LogP contribution in [0.15, 0.2) is 47.9 Å². The van der Waals surface area contributed by atoms with Gasteiger partial charge in [0.1, 0.15) is 17.4 Å². The number of methoxy groups -OCH3 is 2. The molecular weight excluding hydrogens is 330 g/mol. The maximum Gasteiger partial charge on any atom is 0.205 e. The van der Waals surface area contributed by atoms with E-state index in [1.807, 2.05) is 55.4 Å². The van der Waals surface area contributed by atoms with Crippen LogP contribution < -0.4 is 24.8 Å². The zero-order chi connectivity index (χ0) is 18.8. The Kier molecular flexibility index (Phi) is 4.63. The van der Waals surface area contributed by atoms with Crippen LogP contribution in [0.2, 0.25) is 0 Å². The average Bonchev–Trinajstić information content (AvgIpc) is 2.65. The van der Waals surface area contributed by atoms with E-state index in [0.29, 0.717) is 22.8 Å². The molecule has 1 aliphatic heterocycles. The van der Waals surface area contributed by atoms with Crippen molar-refractivity contribution in [2.45, 2.75) is 5.92 Å². The molecule has 1 unspecified atom stereocenters. The normalized spacial score (nSPS) is 15.6. The van der Waals surface area contributed by atoms with Gasteiger partial charge in [-0.2, -0.15) is 5.26 Å². The zero-order valence-corrected chi connectivity index (χ0v) is 15.2. The van der Waals surface area contributed by atoms with E-state index in [2.05, 4.69) is 6.07 Å². The standard InChI is InChI=1S/C20H21N3O3/c1-23(2)12-8-9-13-17(10-12)26-20(22)15(11-21)18(13)14-6-5-7-16(24-3)19(14)25-4/h5-10,18H,22H2,1-4H3. The van der Waals surface area contributed by atoms with Gasteiger partial charge in [-0.25, -0.2) is 0 Å². The van der Waals surface area contributed by atoms with Gasteiger partial charge in [-0.15, -0.1) is 0 Å². The summed E-state index contributed by atoms with van der Waals surface area (Å²) in [5.41, 5.74) is 9.05. The molecule has 0 radical (unpaired) electrons. The van der Waals surface area contributed by atoms with Crippen molar-refractivity contribution >= 4 is 5.69 Å². The van der Waals surface area contributed by atoms with E-state index in [9.17, 15) is 5.26 Å². The Bertz CT molecular complexity index is 913. The Morgan fingerprint density at radius 3 is 2.50 bits per heavy atom. The van der Waals surface area contributed by atoms with E-state index in [-0.39, 0.29) is 5.88 Å². The van der Waals surface area contributed by atoms with Crippen molar-refractivity contribution in [3.63, 3.8) is 0 Å². The molecule has 1 atom stereocenters. The van der Waals surface area contributed by atoms with Crippen LogP contribution in [0.25, 0.3) is 0 Å². The van der Waals surface area contributed by atoms with E-state index in [1.165, 1.54) is 0 Å². The number of anilines is 1. The molecule has 0 amide bonds. The van der Waals surface area contributed by atoms with Gasteiger partial charge < -0.3 is 24.8 Å². The minimum Gasteiger partial charge on any atom is -0.493 e. The van der Waals surface area contributed by atoms with Crippen molar-refractivity contribution in [1.29, 1.82) is 5.26 Å². The zero-order valence-electron chi connectivity index (χ0n) is 15.2. The Morgan fingerprint density at radius 2 is 1.88 bits per heavy atom. The second-order valence-electron chi connectivity index (χ2n) is 6.12. The fraction of sp³-hybridized carbons (Fsp3) is 0.250. The van der Waals surface area contributed by atoms with E-state index in [1.54, 1.807) is 14.2 Å². The van der Waals surface area contributed by atoms with Crippen LogP contribution in [0.1, 0.15) is 17.0 Å². The van der Waals surface area contributed by atoms with E-state index < -0.39 is 5.92 Å². The SMILES string of the molecule is COc1cccc(C2C(C#N)=C(N)Oc3cc(N(C)C)ccc32)c1OC. The number of para-hydroxylation sites is 1. The van der Waals surface area contributed by atoms with Gasteiger partial charge in [-0.05, 0) is 12.1 Å². The van der Waals surface area contributed by atoms with Crippen molar-refractivity contribution in [3.05, 3.63) is 59.0 Å². The summed E-state index contributed by atoms with van der Waals surface area (Å²) < 4.78 is 16.7. The molecule has 0 spiro atoms. The third-order valence-electron chi connectivity index (χ3n) is 4.46. The summed E-state index contributed by atoms with van der Waals surface area (Å²) in [6, 6.07) is 13.6. The fourth-order valence-electron chi connectivity index (χ4n) is 3.18. The Morgan fingerprint density at radius 1 is 1.12 bits per heavy atom. The van der Waals surface area contributed by atoms with Gasteiger partial charge in [0.25, 0.3) is 0 Å². The van der Waals surface area contributed by atoms with Crippen LogP contribution >= 0.6 is 0 Å². The fourth-order valence-corrected chi connectivity index (χ4v) is 3.18. The minimum atomic E-state index is -0.398. The summed E-state index contributed by atoms with van der Waals surface area (Å²) in [6.45, 7) is 0. The molecule has 6 nitrogen and oxygen atoms in total. The average molecular weight is 351 g/mol. The van der Waals surface area contributed by atoms with Crippen molar-refractivity contribution in [2.24, 2.45) is 5.73 Å². The first-order valence-electron chi connectivity index (χ1n) is 8.11. The van der Waals surface area contributed by atoms with Crippen LogP contribution in [0.4, 0.5) is 5.69 Å². The number of hydrogen-bond donors (Lipinski definition) is 1. The summed E-state index contributed by atoms with van der Waals surface area (Å²) in [6.07, 6.45) is 0. The van der Waals surface area contributed by atoms with E-state index >= 15 is 0 Å². The molecule has 0 aromatic heterocycles. The lowest BCUT2D eigenvalue weighted by Crippen LogP contribution is -2.22. The molecular formula is C20H21N3O3. The highest BCUT2D eigenvalue weighted by Gasteiger charge is 2.33. The lowest BCUT2D eigenvalue weighted by Gasteiger charge is -2.28. The second-order valence-corrected chi connectivity index (χ2v) is 6.12. The molecule has 2 N–H and O–H groups in total. The van der Waals surface area contributed by atoms with Crippen molar-refractivity contribution in [1.82, 2.24) is 0 Å². The first kappa shape index (κ1) is 17.5. The van der Waals surface area contributed by atoms with Crippen molar-refractivity contribution in [3.8, 4) is 23.3 Å². The summed E-state index contributed by atoms with van der Waals surface area (Å²) in [5.74, 6) is 1.50. The Balaban J connectivity index is 2.26. The molecule has 0 fully saturated rings. The van der Waals surface area contributed by atoms with Crippen LogP contribution in [-0.4, -0.2) is 28.3 Å². The highest BCUT2D eigenvalue weighted by Crippen LogP contribution is 2.47. The Hall–Kier alpha value is -3.33. The molecule has 1 heterocycles. The second kappa shape index (κ2) is 6.89. The predicted octanol–water partition coefficient (Wildman–Crippen LogP) is 2.99. The number of benzene rings is 2. The summed E-state index contributed by atoms with van der Waals surface area (Å²) in [4.78, 5) is 1.98. The summed E-state index contributed by atoms with van der Waals surface area (Å²) >= 11 is 0. The van der Waals surface area contributed by atoms with Crippen molar-refractivity contribution < 1.29 is 14.2 Å². The maximum atomic E-state index is 9.70. The molecule has 26 heavy (non-hydrogen) atoms. The molecule has 0 saturated carbocycles. The number of hydrogen-bond acceptors (Lipinski definition) is 6. The maximum absolute atomic E-state index is 9.70. The number of rotatable bonds is 4.